The lowest BCUT2D eigenvalue weighted by atomic mass is 10.0. The SMILES string of the molecule is Cc1nn2cccnc2c1C(=O)N[C@H](C)c1cc2cccc(C#Cc3cnn(C(=O)CN)c3)c2c(=O)n1-c1ccccc1. The van der Waals surface area contributed by atoms with Gasteiger partial charge in [-0.05, 0) is 49.6 Å². The molecule has 4 aromatic heterocycles. The number of hydrogen-bond donors (Lipinski definition) is 2. The largest absolute Gasteiger partial charge is 0.344 e. The Labute approximate surface area is 245 Å². The van der Waals surface area contributed by atoms with Gasteiger partial charge in [-0.1, -0.05) is 42.2 Å². The van der Waals surface area contributed by atoms with Crippen LogP contribution in [0.3, 0.4) is 0 Å². The van der Waals surface area contributed by atoms with Crippen LogP contribution >= 0.6 is 0 Å². The summed E-state index contributed by atoms with van der Waals surface area (Å²) < 4.78 is 4.30. The van der Waals surface area contributed by atoms with Crippen LogP contribution in [0.15, 0.2) is 90.2 Å². The van der Waals surface area contributed by atoms with E-state index in [0.29, 0.717) is 50.2 Å². The number of pyridine rings is 1. The van der Waals surface area contributed by atoms with Crippen molar-refractivity contribution in [2.24, 2.45) is 5.73 Å². The molecular weight excluding hydrogens is 544 g/mol. The number of amides is 1. The number of rotatable bonds is 5. The summed E-state index contributed by atoms with van der Waals surface area (Å²) in [5, 5.41) is 12.5. The summed E-state index contributed by atoms with van der Waals surface area (Å²) in [6.07, 6.45) is 6.31. The minimum Gasteiger partial charge on any atom is -0.344 e. The van der Waals surface area contributed by atoms with Crippen molar-refractivity contribution in [1.82, 2.24) is 34.3 Å². The number of nitrogens with zero attached hydrogens (tertiary/aromatic N) is 6. The molecule has 1 atom stereocenters. The molecule has 2 aromatic carbocycles. The van der Waals surface area contributed by atoms with Crippen molar-refractivity contribution >= 4 is 28.2 Å². The molecule has 0 aliphatic carbocycles. The second kappa shape index (κ2) is 11.2. The van der Waals surface area contributed by atoms with E-state index in [4.69, 9.17) is 5.73 Å². The van der Waals surface area contributed by atoms with Crippen LogP contribution in [0.4, 0.5) is 0 Å². The Morgan fingerprint density at radius 1 is 1.07 bits per heavy atom. The van der Waals surface area contributed by atoms with Crippen LogP contribution in [0.1, 0.15) is 50.6 Å². The molecule has 0 fully saturated rings. The number of carbonyl (C=O) groups is 2. The van der Waals surface area contributed by atoms with Crippen LogP contribution in [0.25, 0.3) is 22.1 Å². The van der Waals surface area contributed by atoms with Crippen LogP contribution in [0.5, 0.6) is 0 Å². The van der Waals surface area contributed by atoms with Gasteiger partial charge < -0.3 is 11.1 Å². The van der Waals surface area contributed by atoms with Crippen LogP contribution in [-0.2, 0) is 0 Å². The van der Waals surface area contributed by atoms with E-state index in [1.54, 1.807) is 40.5 Å². The zero-order valence-electron chi connectivity index (χ0n) is 23.4. The molecule has 6 aromatic rings. The highest BCUT2D eigenvalue weighted by molar-refractivity contribution is 6.01. The van der Waals surface area contributed by atoms with Gasteiger partial charge in [0.05, 0.1) is 35.4 Å². The van der Waals surface area contributed by atoms with E-state index in [2.05, 4.69) is 32.3 Å². The Balaban J connectivity index is 1.45. The molecule has 0 bridgehead atoms. The zero-order chi connectivity index (χ0) is 30.1. The third-order valence-corrected chi connectivity index (χ3v) is 7.03. The second-order valence-corrected chi connectivity index (χ2v) is 9.88. The third-order valence-electron chi connectivity index (χ3n) is 7.03. The lowest BCUT2D eigenvalue weighted by molar-refractivity contribution is 0.0906. The molecule has 43 heavy (non-hydrogen) atoms. The molecule has 0 spiro atoms. The van der Waals surface area contributed by atoms with Gasteiger partial charge in [-0.3, -0.25) is 19.0 Å². The molecule has 0 unspecified atom stereocenters. The first-order valence-corrected chi connectivity index (χ1v) is 13.5. The normalized spacial score (nSPS) is 11.7. The lowest BCUT2D eigenvalue weighted by Gasteiger charge is -2.21. The van der Waals surface area contributed by atoms with E-state index in [9.17, 15) is 14.4 Å². The van der Waals surface area contributed by atoms with Crippen molar-refractivity contribution in [2.45, 2.75) is 19.9 Å². The number of hydrogen-bond acceptors (Lipinski definition) is 7. The standard InChI is InChI=1S/C32H26N8O3/c1-20(36-31(42)28-21(2)37-38-15-7-14-34-30(28)38)26-16-24-9-6-8-23(13-12-22-18-35-39(19-22)27(41)17-33)29(24)32(43)40(26)25-10-4-3-5-11-25/h3-11,14-16,18-20H,17,33H2,1-2H3,(H,36,42)/t20-/m1/s1. The van der Waals surface area contributed by atoms with E-state index in [0.717, 1.165) is 4.68 Å². The van der Waals surface area contributed by atoms with Crippen LogP contribution in [-0.4, -0.2) is 47.3 Å². The van der Waals surface area contributed by atoms with E-state index in [1.807, 2.05) is 55.5 Å². The van der Waals surface area contributed by atoms with Gasteiger partial charge in [0.15, 0.2) is 5.65 Å². The fourth-order valence-corrected chi connectivity index (χ4v) is 5.01. The predicted molar refractivity (Wildman–Crippen MR) is 161 cm³/mol. The van der Waals surface area contributed by atoms with E-state index in [1.165, 1.54) is 12.4 Å². The smallest absolute Gasteiger partial charge is 0.264 e. The molecule has 0 aliphatic heterocycles. The van der Waals surface area contributed by atoms with Crippen molar-refractivity contribution in [3.05, 3.63) is 124 Å². The molecular formula is C32H26N8O3. The maximum Gasteiger partial charge on any atom is 0.264 e. The van der Waals surface area contributed by atoms with Gasteiger partial charge in [0.2, 0.25) is 0 Å². The highest BCUT2D eigenvalue weighted by Crippen LogP contribution is 2.24. The van der Waals surface area contributed by atoms with Gasteiger partial charge in [-0.2, -0.15) is 10.2 Å². The van der Waals surface area contributed by atoms with Crippen molar-refractivity contribution < 1.29 is 9.59 Å². The highest BCUT2D eigenvalue weighted by Gasteiger charge is 2.23. The summed E-state index contributed by atoms with van der Waals surface area (Å²) >= 11 is 0. The number of para-hydroxylation sites is 1. The first kappa shape index (κ1) is 27.3. The Bertz CT molecular complexity index is 2150. The van der Waals surface area contributed by atoms with Crippen molar-refractivity contribution in [3.8, 4) is 17.5 Å². The van der Waals surface area contributed by atoms with Gasteiger partial charge in [0, 0.05) is 35.5 Å². The van der Waals surface area contributed by atoms with Gasteiger partial charge in [-0.25, -0.2) is 14.2 Å². The molecule has 3 N–H and O–H groups in total. The van der Waals surface area contributed by atoms with Gasteiger partial charge in [0.25, 0.3) is 17.4 Å². The fourth-order valence-electron chi connectivity index (χ4n) is 5.01. The number of fused-ring (bicyclic) bond motifs is 2. The monoisotopic (exact) mass is 570 g/mol. The van der Waals surface area contributed by atoms with Crippen molar-refractivity contribution in [2.75, 3.05) is 6.54 Å². The first-order chi connectivity index (χ1) is 20.9. The molecule has 11 heteroatoms. The summed E-state index contributed by atoms with van der Waals surface area (Å²) in [5.74, 6) is 5.36. The highest BCUT2D eigenvalue weighted by atomic mass is 16.2. The summed E-state index contributed by atoms with van der Waals surface area (Å²) in [6, 6.07) is 17.7. The Morgan fingerprint density at radius 2 is 1.88 bits per heavy atom. The van der Waals surface area contributed by atoms with Crippen LogP contribution in [0, 0.1) is 18.8 Å². The Hall–Kier alpha value is -5.86. The first-order valence-electron chi connectivity index (χ1n) is 13.5. The number of aromatic nitrogens is 6. The fraction of sp³-hybridized carbons (Fsp3) is 0.125. The Kier molecular flexibility index (Phi) is 7.11. The number of carbonyl (C=O) groups excluding carboxylic acids is 2. The van der Waals surface area contributed by atoms with E-state index >= 15 is 0 Å². The van der Waals surface area contributed by atoms with Crippen molar-refractivity contribution in [3.63, 3.8) is 0 Å². The number of benzene rings is 2. The van der Waals surface area contributed by atoms with E-state index < -0.39 is 6.04 Å². The summed E-state index contributed by atoms with van der Waals surface area (Å²) in [6.45, 7) is 3.41. The Morgan fingerprint density at radius 3 is 2.67 bits per heavy atom. The molecule has 0 saturated carbocycles. The van der Waals surface area contributed by atoms with Gasteiger partial charge in [0.1, 0.15) is 5.56 Å². The van der Waals surface area contributed by atoms with Crippen molar-refractivity contribution in [1.29, 1.82) is 0 Å². The summed E-state index contributed by atoms with van der Waals surface area (Å²) in [7, 11) is 0. The number of aryl methyl sites for hydroxylation is 1. The lowest BCUT2D eigenvalue weighted by Crippen LogP contribution is -2.32. The predicted octanol–water partition coefficient (Wildman–Crippen LogP) is 3.03. The maximum absolute atomic E-state index is 14.2. The molecule has 0 aliphatic rings. The topological polar surface area (TPSA) is 142 Å². The molecule has 6 rings (SSSR count). The summed E-state index contributed by atoms with van der Waals surface area (Å²) in [4.78, 5) is 43.9. The summed E-state index contributed by atoms with van der Waals surface area (Å²) in [5.41, 5.74) is 8.75. The average molecular weight is 571 g/mol. The number of nitrogens with one attached hydrogen (secondary N) is 1. The van der Waals surface area contributed by atoms with Gasteiger partial charge >= 0.3 is 0 Å². The van der Waals surface area contributed by atoms with E-state index in [-0.39, 0.29) is 23.9 Å². The average Bonchev–Trinajstić information content (AvgIpc) is 3.63. The van der Waals surface area contributed by atoms with Gasteiger partial charge in [-0.15, -0.1) is 0 Å². The molecule has 0 radical (unpaired) electrons. The minimum absolute atomic E-state index is 0.173. The molecule has 11 nitrogen and oxygen atoms in total. The van der Waals surface area contributed by atoms with Crippen LogP contribution < -0.4 is 16.6 Å². The quantitative estimate of drug-likeness (QED) is 0.304. The number of nitrogens with two attached hydrogens (primary N) is 1. The maximum atomic E-state index is 14.2. The zero-order valence-corrected chi connectivity index (χ0v) is 23.4. The second-order valence-electron chi connectivity index (χ2n) is 9.88. The third kappa shape index (κ3) is 5.07. The minimum atomic E-state index is -0.566. The molecule has 1 amide bonds. The molecule has 212 valence electrons. The molecule has 0 saturated heterocycles. The molecule has 4 heterocycles. The van der Waals surface area contributed by atoms with Crippen LogP contribution in [0.2, 0.25) is 0 Å².